The molecule has 8 nitrogen and oxygen atoms in total. The van der Waals surface area contributed by atoms with Crippen LogP contribution in [0.25, 0.3) is 11.3 Å². The smallest absolute Gasteiger partial charge is 0.272 e. The van der Waals surface area contributed by atoms with E-state index in [0.717, 1.165) is 5.56 Å². The van der Waals surface area contributed by atoms with Gasteiger partial charge in [0.05, 0.1) is 43.2 Å². The van der Waals surface area contributed by atoms with Crippen LogP contribution in [0.3, 0.4) is 0 Å². The van der Waals surface area contributed by atoms with Gasteiger partial charge < -0.3 is 14.5 Å². The van der Waals surface area contributed by atoms with Crippen LogP contribution in [0.1, 0.15) is 28.7 Å². The molecule has 3 heterocycles. The first-order chi connectivity index (χ1) is 13.9. The highest BCUT2D eigenvalue weighted by Gasteiger charge is 2.32. The monoisotopic (exact) mass is 415 g/mol. The predicted octanol–water partition coefficient (Wildman–Crippen LogP) is 2.44. The Labute approximate surface area is 168 Å². The topological polar surface area (TPSA) is 103 Å². The number of carbonyl (C=O) groups excluding carboxylic acids is 1. The molecule has 0 unspecified atom stereocenters. The van der Waals surface area contributed by atoms with Crippen molar-refractivity contribution in [3.8, 4) is 17.0 Å². The van der Waals surface area contributed by atoms with E-state index >= 15 is 0 Å². The lowest BCUT2D eigenvalue weighted by Gasteiger charge is -2.13. The summed E-state index contributed by atoms with van der Waals surface area (Å²) < 4.78 is 36.0. The third kappa shape index (κ3) is 4.19. The molecular formula is C20H21N3O5S. The van der Waals surface area contributed by atoms with Gasteiger partial charge in [-0.25, -0.2) is 8.42 Å². The summed E-state index contributed by atoms with van der Waals surface area (Å²) >= 11 is 0. The zero-order valence-corrected chi connectivity index (χ0v) is 16.7. The number of rotatable bonds is 6. The van der Waals surface area contributed by atoms with E-state index in [1.807, 2.05) is 24.3 Å². The summed E-state index contributed by atoms with van der Waals surface area (Å²) in [6, 6.07) is 12.3. The van der Waals surface area contributed by atoms with Crippen LogP contribution in [0.5, 0.6) is 5.75 Å². The Morgan fingerprint density at radius 3 is 2.72 bits per heavy atom. The van der Waals surface area contributed by atoms with Crippen molar-refractivity contribution in [2.24, 2.45) is 0 Å². The Morgan fingerprint density at radius 2 is 2.10 bits per heavy atom. The van der Waals surface area contributed by atoms with Crippen LogP contribution in [0.15, 0.2) is 53.1 Å². The fraction of sp³-hybridized carbons (Fsp3) is 0.300. The maximum Gasteiger partial charge on any atom is 0.272 e. The van der Waals surface area contributed by atoms with E-state index in [1.165, 1.54) is 0 Å². The van der Waals surface area contributed by atoms with Crippen molar-refractivity contribution in [2.45, 2.75) is 19.0 Å². The number of carbonyl (C=O) groups is 1. The molecule has 3 aromatic rings. The third-order valence-corrected chi connectivity index (χ3v) is 6.66. The van der Waals surface area contributed by atoms with E-state index in [0.29, 0.717) is 23.6 Å². The summed E-state index contributed by atoms with van der Waals surface area (Å²) in [4.78, 5) is 12.6. The van der Waals surface area contributed by atoms with Crippen molar-refractivity contribution in [3.05, 3.63) is 60.2 Å². The summed E-state index contributed by atoms with van der Waals surface area (Å²) in [6.45, 7) is 0.244. The number of aromatic nitrogens is 2. The van der Waals surface area contributed by atoms with Gasteiger partial charge in [-0.15, -0.1) is 0 Å². The Morgan fingerprint density at radius 1 is 1.31 bits per heavy atom. The van der Waals surface area contributed by atoms with Crippen molar-refractivity contribution >= 4 is 15.7 Å². The van der Waals surface area contributed by atoms with E-state index in [1.54, 1.807) is 36.3 Å². The number of hydrogen-bond donors (Lipinski definition) is 1. The van der Waals surface area contributed by atoms with Gasteiger partial charge in [0.25, 0.3) is 5.91 Å². The number of benzene rings is 1. The van der Waals surface area contributed by atoms with E-state index in [9.17, 15) is 13.2 Å². The highest BCUT2D eigenvalue weighted by atomic mass is 32.2. The third-order valence-electron chi connectivity index (χ3n) is 4.91. The van der Waals surface area contributed by atoms with Crippen molar-refractivity contribution in [1.82, 2.24) is 15.1 Å². The summed E-state index contributed by atoms with van der Waals surface area (Å²) in [5.74, 6) is 1.13. The molecule has 0 aliphatic carbocycles. The molecule has 1 atom stereocenters. The maximum atomic E-state index is 12.6. The molecule has 1 aromatic carbocycles. The molecule has 29 heavy (non-hydrogen) atoms. The van der Waals surface area contributed by atoms with Crippen LogP contribution in [-0.2, 0) is 16.4 Å². The standard InChI is InChI=1S/C20H21N3O5S/c1-27-16-6-4-14(5-7-16)19-11-18(20(24)21-12-17-3-2-9-28-17)22-23(19)15-8-10-29(25,26)13-15/h2-7,9,11,15H,8,10,12-13H2,1H3,(H,21,24)/t15-/m1/s1. The van der Waals surface area contributed by atoms with Gasteiger partial charge in [0.1, 0.15) is 11.5 Å². The van der Waals surface area contributed by atoms with Crippen LogP contribution in [0.4, 0.5) is 0 Å². The molecule has 1 amide bonds. The van der Waals surface area contributed by atoms with Gasteiger partial charge in [-0.1, -0.05) is 0 Å². The van der Waals surface area contributed by atoms with Crippen LogP contribution in [-0.4, -0.2) is 42.7 Å². The average molecular weight is 415 g/mol. The molecule has 0 bridgehead atoms. The second kappa shape index (κ2) is 7.75. The van der Waals surface area contributed by atoms with Gasteiger partial charge in [-0.2, -0.15) is 5.10 Å². The normalized spacial score (nSPS) is 17.9. The first-order valence-electron chi connectivity index (χ1n) is 9.20. The Bertz CT molecular complexity index is 1100. The van der Waals surface area contributed by atoms with Crippen molar-refractivity contribution < 1.29 is 22.4 Å². The van der Waals surface area contributed by atoms with Gasteiger partial charge in [0.2, 0.25) is 0 Å². The largest absolute Gasteiger partial charge is 0.497 e. The first kappa shape index (κ1) is 19.3. The lowest BCUT2D eigenvalue weighted by atomic mass is 10.1. The zero-order valence-electron chi connectivity index (χ0n) is 15.9. The molecule has 1 N–H and O–H groups in total. The van der Waals surface area contributed by atoms with Crippen molar-refractivity contribution in [1.29, 1.82) is 0 Å². The van der Waals surface area contributed by atoms with Crippen molar-refractivity contribution in [2.75, 3.05) is 18.6 Å². The molecule has 2 aromatic heterocycles. The number of amides is 1. The minimum atomic E-state index is -3.10. The fourth-order valence-electron chi connectivity index (χ4n) is 3.40. The Hall–Kier alpha value is -3.07. The molecule has 0 spiro atoms. The van der Waals surface area contributed by atoms with Crippen LogP contribution in [0.2, 0.25) is 0 Å². The zero-order chi connectivity index (χ0) is 20.4. The molecule has 4 rings (SSSR count). The molecule has 1 fully saturated rings. The van der Waals surface area contributed by atoms with Gasteiger partial charge >= 0.3 is 0 Å². The minimum Gasteiger partial charge on any atom is -0.497 e. The number of nitrogens with zero attached hydrogens (tertiary/aromatic N) is 2. The van der Waals surface area contributed by atoms with Crippen molar-refractivity contribution in [3.63, 3.8) is 0 Å². The number of methoxy groups -OCH3 is 1. The molecule has 1 aliphatic heterocycles. The summed E-state index contributed by atoms with van der Waals surface area (Å²) in [7, 11) is -1.51. The molecule has 152 valence electrons. The van der Waals surface area contributed by atoms with Gasteiger partial charge in [-0.3, -0.25) is 9.48 Å². The predicted molar refractivity (Wildman–Crippen MR) is 106 cm³/mol. The Kier molecular flexibility index (Phi) is 5.14. The molecular weight excluding hydrogens is 394 g/mol. The van der Waals surface area contributed by atoms with E-state index in [2.05, 4.69) is 10.4 Å². The molecule has 1 aliphatic rings. The lowest BCUT2D eigenvalue weighted by molar-refractivity contribution is 0.0942. The van der Waals surface area contributed by atoms with Crippen LogP contribution in [0, 0.1) is 0 Å². The summed E-state index contributed by atoms with van der Waals surface area (Å²) in [6.07, 6.45) is 2.01. The van der Waals surface area contributed by atoms with E-state index in [-0.39, 0.29) is 35.7 Å². The van der Waals surface area contributed by atoms with E-state index in [4.69, 9.17) is 9.15 Å². The van der Waals surface area contributed by atoms with Gasteiger partial charge in [-0.05, 0) is 48.9 Å². The number of nitrogens with one attached hydrogen (secondary N) is 1. The maximum absolute atomic E-state index is 12.6. The highest BCUT2D eigenvalue weighted by molar-refractivity contribution is 7.91. The molecule has 9 heteroatoms. The summed E-state index contributed by atoms with van der Waals surface area (Å²) in [5, 5.41) is 7.23. The van der Waals surface area contributed by atoms with Crippen LogP contribution < -0.4 is 10.1 Å². The first-order valence-corrected chi connectivity index (χ1v) is 11.0. The quantitative estimate of drug-likeness (QED) is 0.663. The average Bonchev–Trinajstić information content (AvgIpc) is 3.45. The fourth-order valence-corrected chi connectivity index (χ4v) is 5.09. The summed E-state index contributed by atoms with van der Waals surface area (Å²) in [5.41, 5.74) is 1.75. The molecule has 1 saturated heterocycles. The van der Waals surface area contributed by atoms with Gasteiger partial charge in [0.15, 0.2) is 15.5 Å². The highest BCUT2D eigenvalue weighted by Crippen LogP contribution is 2.31. The number of sulfone groups is 1. The minimum absolute atomic E-state index is 0.0191. The number of ether oxygens (including phenoxy) is 1. The SMILES string of the molecule is COc1ccc(-c2cc(C(=O)NCc3ccco3)nn2[C@@H]2CCS(=O)(=O)C2)cc1. The lowest BCUT2D eigenvalue weighted by Crippen LogP contribution is -2.23. The second-order valence-corrected chi connectivity index (χ2v) is 9.14. The molecule has 0 radical (unpaired) electrons. The number of furan rings is 1. The van der Waals surface area contributed by atoms with Gasteiger partial charge in [0, 0.05) is 5.56 Å². The Balaban J connectivity index is 1.65. The second-order valence-electron chi connectivity index (χ2n) is 6.91. The van der Waals surface area contributed by atoms with Crippen LogP contribution >= 0.6 is 0 Å². The van der Waals surface area contributed by atoms with E-state index < -0.39 is 9.84 Å². The molecule has 0 saturated carbocycles. The number of hydrogen-bond acceptors (Lipinski definition) is 6.